The number of rotatable bonds is 8. The minimum atomic E-state index is 0.0863. The maximum absolute atomic E-state index is 9.21. The van der Waals surface area contributed by atoms with E-state index >= 15 is 0 Å². The molecule has 2 aromatic rings. The molecule has 4 nitrogen and oxygen atoms in total. The lowest BCUT2D eigenvalue weighted by atomic mass is 10.0. The van der Waals surface area contributed by atoms with Crippen LogP contribution in [0.25, 0.3) is 11.4 Å². The van der Waals surface area contributed by atoms with Crippen molar-refractivity contribution in [1.29, 1.82) is 0 Å². The maximum Gasteiger partial charge on any atom is 0.159 e. The first-order valence-electron chi connectivity index (χ1n) is 7.82. The maximum atomic E-state index is 9.21. The van der Waals surface area contributed by atoms with Gasteiger partial charge >= 0.3 is 0 Å². The smallest absolute Gasteiger partial charge is 0.159 e. The molecule has 0 aliphatic rings. The standard InChI is InChI=1S/C18H24N2O2/c1-14(22-2)6-4-3-5-7-15-8-10-16(11-9-15)18-19-12-17(21)13-20-18/h8-14,21H,3-7H2,1-2H3. The lowest BCUT2D eigenvalue weighted by Crippen LogP contribution is -2.03. The molecule has 1 unspecified atom stereocenters. The lowest BCUT2D eigenvalue weighted by molar-refractivity contribution is 0.108. The van der Waals surface area contributed by atoms with Crippen LogP contribution in [-0.2, 0) is 11.2 Å². The third kappa shape index (κ3) is 5.11. The first kappa shape index (κ1) is 16.4. The molecule has 2 rings (SSSR count). The van der Waals surface area contributed by atoms with Gasteiger partial charge in [0.1, 0.15) is 0 Å². The van der Waals surface area contributed by atoms with E-state index in [0.29, 0.717) is 11.9 Å². The first-order valence-corrected chi connectivity index (χ1v) is 7.82. The van der Waals surface area contributed by atoms with Gasteiger partial charge in [-0.15, -0.1) is 0 Å². The highest BCUT2D eigenvalue weighted by molar-refractivity contribution is 5.55. The normalized spacial score (nSPS) is 12.3. The van der Waals surface area contributed by atoms with Crippen molar-refractivity contribution in [3.63, 3.8) is 0 Å². The Morgan fingerprint density at radius 2 is 1.73 bits per heavy atom. The third-order valence-electron chi connectivity index (χ3n) is 3.83. The molecule has 1 atom stereocenters. The predicted molar refractivity (Wildman–Crippen MR) is 87.8 cm³/mol. The van der Waals surface area contributed by atoms with Gasteiger partial charge in [0.05, 0.1) is 18.5 Å². The number of methoxy groups -OCH3 is 1. The molecule has 0 fully saturated rings. The van der Waals surface area contributed by atoms with Gasteiger partial charge in [-0.05, 0) is 31.7 Å². The zero-order valence-corrected chi connectivity index (χ0v) is 13.3. The van der Waals surface area contributed by atoms with E-state index < -0.39 is 0 Å². The minimum Gasteiger partial charge on any atom is -0.505 e. The zero-order chi connectivity index (χ0) is 15.8. The second-order valence-electron chi connectivity index (χ2n) is 5.61. The molecule has 0 bridgehead atoms. The predicted octanol–water partition coefficient (Wildman–Crippen LogP) is 3.99. The van der Waals surface area contributed by atoms with Crippen LogP contribution in [0.3, 0.4) is 0 Å². The van der Waals surface area contributed by atoms with Crippen LogP contribution in [0.4, 0.5) is 0 Å². The lowest BCUT2D eigenvalue weighted by Gasteiger charge is -2.08. The Labute approximate surface area is 132 Å². The highest BCUT2D eigenvalue weighted by Crippen LogP contribution is 2.18. The molecule has 0 aliphatic heterocycles. The molecule has 0 aliphatic carbocycles. The summed E-state index contributed by atoms with van der Waals surface area (Å²) in [7, 11) is 1.77. The van der Waals surface area contributed by atoms with Crippen molar-refractivity contribution in [2.45, 2.75) is 45.1 Å². The molecule has 1 aromatic heterocycles. The monoisotopic (exact) mass is 300 g/mol. The fourth-order valence-electron chi connectivity index (χ4n) is 2.35. The summed E-state index contributed by atoms with van der Waals surface area (Å²) in [5.41, 5.74) is 2.31. The van der Waals surface area contributed by atoms with Crippen molar-refractivity contribution in [3.8, 4) is 17.1 Å². The van der Waals surface area contributed by atoms with Gasteiger partial charge in [0.15, 0.2) is 11.6 Å². The molecule has 1 aromatic carbocycles. The summed E-state index contributed by atoms with van der Waals surface area (Å²) in [6, 6.07) is 8.33. The van der Waals surface area contributed by atoms with Gasteiger partial charge in [-0.2, -0.15) is 0 Å². The van der Waals surface area contributed by atoms with E-state index in [9.17, 15) is 5.11 Å². The molecule has 0 radical (unpaired) electrons. The van der Waals surface area contributed by atoms with Crippen molar-refractivity contribution in [3.05, 3.63) is 42.2 Å². The van der Waals surface area contributed by atoms with Gasteiger partial charge in [0.25, 0.3) is 0 Å². The molecule has 1 N–H and O–H groups in total. The Morgan fingerprint density at radius 1 is 1.05 bits per heavy atom. The molecule has 118 valence electrons. The molecular weight excluding hydrogens is 276 g/mol. The molecule has 0 saturated heterocycles. The van der Waals surface area contributed by atoms with E-state index in [1.807, 2.05) is 12.1 Å². The van der Waals surface area contributed by atoms with E-state index in [0.717, 1.165) is 18.4 Å². The molecule has 0 amide bonds. The van der Waals surface area contributed by atoms with Gasteiger partial charge < -0.3 is 9.84 Å². The number of unbranched alkanes of at least 4 members (excludes halogenated alkanes) is 2. The average molecular weight is 300 g/mol. The van der Waals surface area contributed by atoms with E-state index in [2.05, 4.69) is 29.0 Å². The summed E-state index contributed by atoms with van der Waals surface area (Å²) in [5.74, 6) is 0.723. The summed E-state index contributed by atoms with van der Waals surface area (Å²) in [6.07, 6.45) is 9.07. The van der Waals surface area contributed by atoms with Crippen LogP contribution in [-0.4, -0.2) is 28.3 Å². The van der Waals surface area contributed by atoms with Crippen molar-refractivity contribution < 1.29 is 9.84 Å². The van der Waals surface area contributed by atoms with Crippen molar-refractivity contribution >= 4 is 0 Å². The largest absolute Gasteiger partial charge is 0.505 e. The van der Waals surface area contributed by atoms with E-state index in [4.69, 9.17) is 4.74 Å². The van der Waals surface area contributed by atoms with E-state index in [-0.39, 0.29) is 5.75 Å². The fraction of sp³-hybridized carbons (Fsp3) is 0.444. The molecule has 1 heterocycles. The Bertz CT molecular complexity index is 552. The molecule has 22 heavy (non-hydrogen) atoms. The molecule has 4 heteroatoms. The van der Waals surface area contributed by atoms with Crippen molar-refractivity contribution in [2.75, 3.05) is 7.11 Å². The third-order valence-corrected chi connectivity index (χ3v) is 3.83. The van der Waals surface area contributed by atoms with Crippen molar-refractivity contribution in [2.24, 2.45) is 0 Å². The Kier molecular flexibility index (Phi) is 6.34. The summed E-state index contributed by atoms with van der Waals surface area (Å²) in [5, 5.41) is 9.21. The topological polar surface area (TPSA) is 55.2 Å². The van der Waals surface area contributed by atoms with Crippen LogP contribution in [0.2, 0.25) is 0 Å². The fourth-order valence-corrected chi connectivity index (χ4v) is 2.35. The van der Waals surface area contributed by atoms with Gasteiger partial charge in [-0.3, -0.25) is 0 Å². The number of nitrogens with zero attached hydrogens (tertiary/aromatic N) is 2. The van der Waals surface area contributed by atoms with Crippen LogP contribution in [0, 0.1) is 0 Å². The van der Waals surface area contributed by atoms with Crippen LogP contribution in [0.5, 0.6) is 5.75 Å². The number of benzene rings is 1. The van der Waals surface area contributed by atoms with Crippen LogP contribution in [0.15, 0.2) is 36.7 Å². The summed E-state index contributed by atoms with van der Waals surface area (Å²) in [6.45, 7) is 2.12. The number of aryl methyl sites for hydroxylation is 1. The number of aromatic hydroxyl groups is 1. The van der Waals surface area contributed by atoms with Crippen molar-refractivity contribution in [1.82, 2.24) is 9.97 Å². The quantitative estimate of drug-likeness (QED) is 0.749. The molecule has 0 spiro atoms. The highest BCUT2D eigenvalue weighted by Gasteiger charge is 2.02. The zero-order valence-electron chi connectivity index (χ0n) is 13.3. The summed E-state index contributed by atoms with van der Waals surface area (Å²) < 4.78 is 5.25. The Hall–Kier alpha value is -1.94. The highest BCUT2D eigenvalue weighted by atomic mass is 16.5. The number of hydrogen-bond donors (Lipinski definition) is 1. The Morgan fingerprint density at radius 3 is 2.36 bits per heavy atom. The SMILES string of the molecule is COC(C)CCCCCc1ccc(-c2ncc(O)cn2)cc1. The van der Waals surface area contributed by atoms with Gasteiger partial charge in [0.2, 0.25) is 0 Å². The number of aromatic nitrogens is 2. The Balaban J connectivity index is 1.78. The number of hydrogen-bond acceptors (Lipinski definition) is 4. The summed E-state index contributed by atoms with van der Waals surface area (Å²) >= 11 is 0. The molecular formula is C18H24N2O2. The van der Waals surface area contributed by atoms with E-state index in [1.165, 1.54) is 37.2 Å². The van der Waals surface area contributed by atoms with Crippen LogP contribution < -0.4 is 0 Å². The van der Waals surface area contributed by atoms with Gasteiger partial charge in [-0.25, -0.2) is 9.97 Å². The number of ether oxygens (including phenoxy) is 1. The summed E-state index contributed by atoms with van der Waals surface area (Å²) in [4.78, 5) is 8.23. The minimum absolute atomic E-state index is 0.0863. The van der Waals surface area contributed by atoms with Crippen LogP contribution >= 0.6 is 0 Å². The van der Waals surface area contributed by atoms with Crippen LogP contribution in [0.1, 0.15) is 38.2 Å². The molecule has 0 saturated carbocycles. The van der Waals surface area contributed by atoms with Gasteiger partial charge in [-0.1, -0.05) is 37.1 Å². The second-order valence-corrected chi connectivity index (χ2v) is 5.61. The first-order chi connectivity index (χ1) is 10.7. The second kappa shape index (κ2) is 8.49. The van der Waals surface area contributed by atoms with Gasteiger partial charge in [0, 0.05) is 12.7 Å². The average Bonchev–Trinajstić information content (AvgIpc) is 2.55. The van der Waals surface area contributed by atoms with E-state index in [1.54, 1.807) is 7.11 Å².